The second-order valence-electron chi connectivity index (χ2n) is 4.49. The lowest BCUT2D eigenvalue weighted by molar-refractivity contribution is -0.132. The molecule has 1 aliphatic carbocycles. The molecular formula is C15H18O3. The number of carbonyl (C=O) groups is 1. The second-order valence-corrected chi connectivity index (χ2v) is 4.49. The maximum Gasteiger partial charge on any atom is 0.331 e. The normalized spacial score (nSPS) is 17.0. The molecular weight excluding hydrogens is 228 g/mol. The molecule has 1 aliphatic rings. The molecule has 0 radical (unpaired) electrons. The fraction of sp³-hybridized carbons (Fsp3) is 0.400. The number of allylic oxidation sites excluding steroid dienone is 1. The van der Waals surface area contributed by atoms with Crippen molar-refractivity contribution in [2.24, 2.45) is 0 Å². The topological polar surface area (TPSA) is 46.5 Å². The Morgan fingerprint density at radius 2 is 2.17 bits per heavy atom. The van der Waals surface area contributed by atoms with Crippen molar-refractivity contribution in [3.05, 3.63) is 34.9 Å². The molecule has 0 bridgehead atoms. The summed E-state index contributed by atoms with van der Waals surface area (Å²) in [5.74, 6) is -0.0165. The summed E-state index contributed by atoms with van der Waals surface area (Å²) in [7, 11) is 1.63. The number of ether oxygens (including phenoxy) is 1. The maximum atomic E-state index is 11.3. The second kappa shape index (κ2) is 5.25. The predicted octanol–water partition coefficient (Wildman–Crippen LogP) is 3.28. The van der Waals surface area contributed by atoms with E-state index in [2.05, 4.69) is 0 Å². The molecule has 1 aromatic carbocycles. The Hall–Kier alpha value is -1.77. The van der Waals surface area contributed by atoms with Crippen molar-refractivity contribution in [1.29, 1.82) is 0 Å². The van der Waals surface area contributed by atoms with E-state index in [1.807, 2.05) is 25.1 Å². The molecule has 0 atom stereocenters. The first-order valence-electron chi connectivity index (χ1n) is 6.30. The van der Waals surface area contributed by atoms with Gasteiger partial charge >= 0.3 is 5.97 Å². The molecule has 0 amide bonds. The van der Waals surface area contributed by atoms with Crippen LogP contribution in [-0.2, 0) is 11.2 Å². The lowest BCUT2D eigenvalue weighted by Gasteiger charge is -2.21. The zero-order chi connectivity index (χ0) is 13.1. The lowest BCUT2D eigenvalue weighted by atomic mass is 9.84. The van der Waals surface area contributed by atoms with E-state index >= 15 is 0 Å². The summed E-state index contributed by atoms with van der Waals surface area (Å²) in [6.07, 6.45) is 3.43. The van der Waals surface area contributed by atoms with Crippen LogP contribution in [0.4, 0.5) is 0 Å². The van der Waals surface area contributed by atoms with E-state index in [4.69, 9.17) is 4.74 Å². The van der Waals surface area contributed by atoms with Crippen molar-refractivity contribution in [1.82, 2.24) is 0 Å². The van der Waals surface area contributed by atoms with E-state index in [0.29, 0.717) is 12.0 Å². The standard InChI is InChI=1S/C15H18O3/c1-3-12(15(16)17)13-6-4-5-10-7-8-11(18-2)9-14(10)13/h7-9H,3-6H2,1-2H3,(H,16,17)/b13-12+. The van der Waals surface area contributed by atoms with Crippen LogP contribution in [0.15, 0.2) is 23.8 Å². The Bertz CT molecular complexity index is 500. The van der Waals surface area contributed by atoms with Crippen LogP contribution < -0.4 is 4.74 Å². The van der Waals surface area contributed by atoms with Gasteiger partial charge in [0.2, 0.25) is 0 Å². The number of hydrogen-bond donors (Lipinski definition) is 1. The van der Waals surface area contributed by atoms with Gasteiger partial charge < -0.3 is 9.84 Å². The summed E-state index contributed by atoms with van der Waals surface area (Å²) in [4.78, 5) is 11.3. The number of aryl methyl sites for hydroxylation is 1. The summed E-state index contributed by atoms with van der Waals surface area (Å²) in [5.41, 5.74) is 3.79. The number of methoxy groups -OCH3 is 1. The third-order valence-electron chi connectivity index (χ3n) is 3.49. The molecule has 0 saturated heterocycles. The van der Waals surface area contributed by atoms with Crippen LogP contribution in [0.1, 0.15) is 37.3 Å². The van der Waals surface area contributed by atoms with E-state index in [-0.39, 0.29) is 0 Å². The van der Waals surface area contributed by atoms with Crippen molar-refractivity contribution in [3.8, 4) is 5.75 Å². The van der Waals surface area contributed by atoms with E-state index in [9.17, 15) is 9.90 Å². The van der Waals surface area contributed by atoms with Crippen LogP contribution in [0.5, 0.6) is 5.75 Å². The summed E-state index contributed by atoms with van der Waals surface area (Å²) < 4.78 is 5.23. The van der Waals surface area contributed by atoms with E-state index in [1.165, 1.54) is 5.56 Å². The fourth-order valence-electron chi connectivity index (χ4n) is 2.58. The first-order chi connectivity index (χ1) is 8.67. The van der Waals surface area contributed by atoms with Gasteiger partial charge in [-0.1, -0.05) is 13.0 Å². The average Bonchev–Trinajstić information content (AvgIpc) is 2.39. The number of rotatable bonds is 3. The molecule has 3 nitrogen and oxygen atoms in total. The van der Waals surface area contributed by atoms with E-state index in [1.54, 1.807) is 7.11 Å². The van der Waals surface area contributed by atoms with Crippen LogP contribution in [0.3, 0.4) is 0 Å². The Labute approximate surface area is 107 Å². The molecule has 0 fully saturated rings. The molecule has 0 unspecified atom stereocenters. The predicted molar refractivity (Wildman–Crippen MR) is 70.8 cm³/mol. The summed E-state index contributed by atoms with van der Waals surface area (Å²) in [6, 6.07) is 5.94. The highest BCUT2D eigenvalue weighted by Crippen LogP contribution is 2.36. The van der Waals surface area contributed by atoms with Gasteiger partial charge in [-0.25, -0.2) is 4.79 Å². The Balaban J connectivity index is 2.58. The minimum absolute atomic E-state index is 0.532. The first kappa shape index (κ1) is 12.7. The van der Waals surface area contributed by atoms with Gasteiger partial charge in [0.05, 0.1) is 7.11 Å². The van der Waals surface area contributed by atoms with Gasteiger partial charge in [-0.05, 0) is 54.5 Å². The third kappa shape index (κ3) is 2.26. The van der Waals surface area contributed by atoms with Crippen LogP contribution in [0.25, 0.3) is 5.57 Å². The van der Waals surface area contributed by atoms with E-state index < -0.39 is 5.97 Å². The van der Waals surface area contributed by atoms with E-state index in [0.717, 1.165) is 36.1 Å². The van der Waals surface area contributed by atoms with Gasteiger partial charge in [-0.2, -0.15) is 0 Å². The molecule has 0 spiro atoms. The van der Waals surface area contributed by atoms with Crippen molar-refractivity contribution in [2.75, 3.05) is 7.11 Å². The lowest BCUT2D eigenvalue weighted by Crippen LogP contribution is -2.09. The third-order valence-corrected chi connectivity index (χ3v) is 3.49. The van der Waals surface area contributed by atoms with Crippen molar-refractivity contribution in [3.63, 3.8) is 0 Å². The summed E-state index contributed by atoms with van der Waals surface area (Å²) in [6.45, 7) is 1.89. The molecule has 3 heteroatoms. The fourth-order valence-corrected chi connectivity index (χ4v) is 2.58. The summed E-state index contributed by atoms with van der Waals surface area (Å²) in [5, 5.41) is 9.29. The number of carboxylic acids is 1. The number of fused-ring (bicyclic) bond motifs is 1. The highest BCUT2D eigenvalue weighted by atomic mass is 16.5. The highest BCUT2D eigenvalue weighted by molar-refractivity contribution is 5.97. The zero-order valence-electron chi connectivity index (χ0n) is 10.8. The van der Waals surface area contributed by atoms with Gasteiger partial charge in [-0.3, -0.25) is 0 Å². The molecule has 1 aromatic rings. The van der Waals surface area contributed by atoms with Gasteiger partial charge in [0, 0.05) is 5.57 Å². The molecule has 2 rings (SSSR count). The SMILES string of the molecule is CC/C(C(=O)O)=C1/CCCc2ccc(OC)cc21. The van der Waals surface area contributed by atoms with Gasteiger partial charge in [0.1, 0.15) is 5.75 Å². The minimum atomic E-state index is -0.803. The molecule has 0 saturated carbocycles. The molecule has 96 valence electrons. The molecule has 18 heavy (non-hydrogen) atoms. The highest BCUT2D eigenvalue weighted by Gasteiger charge is 2.20. The van der Waals surface area contributed by atoms with Gasteiger partial charge in [0.15, 0.2) is 0 Å². The summed E-state index contributed by atoms with van der Waals surface area (Å²) >= 11 is 0. The van der Waals surface area contributed by atoms with Crippen molar-refractivity contribution >= 4 is 11.5 Å². The largest absolute Gasteiger partial charge is 0.497 e. The smallest absolute Gasteiger partial charge is 0.331 e. The zero-order valence-corrected chi connectivity index (χ0v) is 10.8. The Morgan fingerprint density at radius 1 is 1.39 bits per heavy atom. The molecule has 1 N–H and O–H groups in total. The number of hydrogen-bond acceptors (Lipinski definition) is 2. The minimum Gasteiger partial charge on any atom is -0.497 e. The first-order valence-corrected chi connectivity index (χ1v) is 6.30. The van der Waals surface area contributed by atoms with Gasteiger partial charge in [0.25, 0.3) is 0 Å². The number of aliphatic carboxylic acids is 1. The molecule has 0 aromatic heterocycles. The number of benzene rings is 1. The van der Waals surface area contributed by atoms with Crippen molar-refractivity contribution < 1.29 is 14.6 Å². The molecule has 0 aliphatic heterocycles. The quantitative estimate of drug-likeness (QED) is 0.832. The van der Waals surface area contributed by atoms with Crippen molar-refractivity contribution in [2.45, 2.75) is 32.6 Å². The maximum absolute atomic E-state index is 11.3. The monoisotopic (exact) mass is 246 g/mol. The Morgan fingerprint density at radius 3 is 2.78 bits per heavy atom. The molecule has 0 heterocycles. The number of carboxylic acid groups (broad SMARTS) is 1. The van der Waals surface area contributed by atoms with Crippen LogP contribution in [-0.4, -0.2) is 18.2 Å². The average molecular weight is 246 g/mol. The Kier molecular flexibility index (Phi) is 3.70. The van der Waals surface area contributed by atoms with Crippen LogP contribution in [0, 0.1) is 0 Å². The van der Waals surface area contributed by atoms with Gasteiger partial charge in [-0.15, -0.1) is 0 Å². The van der Waals surface area contributed by atoms with Crippen LogP contribution in [0.2, 0.25) is 0 Å². The van der Waals surface area contributed by atoms with Crippen LogP contribution >= 0.6 is 0 Å².